The second-order valence-electron chi connectivity index (χ2n) is 6.36. The van der Waals surface area contributed by atoms with Crippen molar-refractivity contribution < 1.29 is 0 Å². The Bertz CT molecular complexity index is 1090. The fraction of sp³-hybridized carbons (Fsp3) is 0.100. The molecule has 0 aliphatic rings. The zero-order chi connectivity index (χ0) is 20.3. The number of pyridine rings is 1. The van der Waals surface area contributed by atoms with Crippen molar-refractivity contribution in [1.82, 2.24) is 24.9 Å². The van der Waals surface area contributed by atoms with Crippen LogP contribution in [0.2, 0.25) is 10.0 Å². The number of halogens is 2. The summed E-state index contributed by atoms with van der Waals surface area (Å²) < 4.78 is 0. The summed E-state index contributed by atoms with van der Waals surface area (Å²) in [6.45, 7) is 1.91. The van der Waals surface area contributed by atoms with Gasteiger partial charge >= 0.3 is 0 Å². The van der Waals surface area contributed by atoms with E-state index in [0.29, 0.717) is 27.6 Å². The number of H-pyrrole nitrogens is 1. The van der Waals surface area contributed by atoms with Crippen molar-refractivity contribution in [2.45, 2.75) is 12.6 Å². The normalized spacial score (nSPS) is 12.9. The van der Waals surface area contributed by atoms with Crippen LogP contribution in [0.5, 0.6) is 0 Å². The third-order valence-electron chi connectivity index (χ3n) is 4.23. The Morgan fingerprint density at radius 1 is 1.03 bits per heavy atom. The lowest BCUT2D eigenvalue weighted by molar-refractivity contribution is 0.617. The number of imidazole rings is 1. The second kappa shape index (κ2) is 8.06. The highest BCUT2D eigenvalue weighted by Gasteiger charge is 2.30. The van der Waals surface area contributed by atoms with Crippen LogP contribution in [0.1, 0.15) is 12.5 Å². The minimum absolute atomic E-state index is 0.400. The monoisotopic (exact) mass is 424 g/mol. The van der Waals surface area contributed by atoms with Gasteiger partial charge in [-0.2, -0.15) is 0 Å². The topological polar surface area (TPSA) is 91.4 Å². The van der Waals surface area contributed by atoms with Gasteiger partial charge in [-0.15, -0.1) is 0 Å². The fourth-order valence-electron chi connectivity index (χ4n) is 2.85. The molecule has 7 nitrogen and oxygen atoms in total. The molecule has 0 amide bonds. The van der Waals surface area contributed by atoms with E-state index < -0.39 is 5.66 Å². The summed E-state index contributed by atoms with van der Waals surface area (Å²) in [7, 11) is 0. The van der Waals surface area contributed by atoms with Crippen LogP contribution in [0, 0.1) is 6.07 Å². The largest absolute Gasteiger partial charge is 0.345 e. The molecule has 4 rings (SSSR count). The van der Waals surface area contributed by atoms with Crippen molar-refractivity contribution in [3.8, 4) is 11.4 Å². The lowest BCUT2D eigenvalue weighted by atomic mass is 10.0. The summed E-state index contributed by atoms with van der Waals surface area (Å²) in [5.74, 6) is 1.64. The van der Waals surface area contributed by atoms with Crippen molar-refractivity contribution in [2.75, 3.05) is 10.6 Å². The summed E-state index contributed by atoms with van der Waals surface area (Å²) in [4.78, 5) is 20.4. The highest BCUT2D eigenvalue weighted by molar-refractivity contribution is 6.35. The minimum atomic E-state index is -0.890. The van der Waals surface area contributed by atoms with E-state index in [1.165, 1.54) is 0 Å². The number of rotatable bonds is 6. The number of benzene rings is 1. The Morgan fingerprint density at radius 3 is 2.52 bits per heavy atom. The number of anilines is 2. The van der Waals surface area contributed by atoms with E-state index >= 15 is 0 Å². The molecule has 3 N–H and O–H groups in total. The van der Waals surface area contributed by atoms with Crippen LogP contribution in [0.4, 0.5) is 11.8 Å². The van der Waals surface area contributed by atoms with E-state index in [-0.39, 0.29) is 0 Å². The van der Waals surface area contributed by atoms with Gasteiger partial charge in [0.1, 0.15) is 17.3 Å². The first kappa shape index (κ1) is 19.2. The average Bonchev–Trinajstić information content (AvgIpc) is 3.24. The van der Waals surface area contributed by atoms with E-state index in [1.54, 1.807) is 55.2 Å². The van der Waals surface area contributed by atoms with Gasteiger partial charge in [-0.3, -0.25) is 0 Å². The highest BCUT2D eigenvalue weighted by atomic mass is 35.5. The molecule has 0 aliphatic heterocycles. The molecule has 4 aromatic rings. The molecule has 9 heteroatoms. The predicted octanol–water partition coefficient (Wildman–Crippen LogP) is 4.77. The zero-order valence-electron chi connectivity index (χ0n) is 15.3. The van der Waals surface area contributed by atoms with Gasteiger partial charge < -0.3 is 15.6 Å². The van der Waals surface area contributed by atoms with Gasteiger partial charge in [0.05, 0.1) is 5.56 Å². The van der Waals surface area contributed by atoms with Gasteiger partial charge in [-0.25, -0.2) is 19.9 Å². The second-order valence-corrected chi connectivity index (χ2v) is 7.21. The molecular weight excluding hydrogens is 409 g/mol. The third kappa shape index (κ3) is 4.31. The van der Waals surface area contributed by atoms with Crippen LogP contribution in [0.15, 0.2) is 61.3 Å². The van der Waals surface area contributed by atoms with E-state index in [1.807, 2.05) is 13.0 Å². The maximum absolute atomic E-state index is 6.49. The van der Waals surface area contributed by atoms with Crippen LogP contribution in [0.3, 0.4) is 0 Å². The number of nitrogens with one attached hydrogen (secondary N) is 3. The summed E-state index contributed by atoms with van der Waals surface area (Å²) in [6, 6.07) is 11.9. The third-order valence-corrected chi connectivity index (χ3v) is 4.78. The van der Waals surface area contributed by atoms with Crippen molar-refractivity contribution >= 4 is 35.0 Å². The summed E-state index contributed by atoms with van der Waals surface area (Å²) >= 11 is 12.6. The van der Waals surface area contributed by atoms with Crippen LogP contribution in [-0.2, 0) is 5.66 Å². The van der Waals surface area contributed by atoms with Crippen LogP contribution >= 0.6 is 23.2 Å². The zero-order valence-corrected chi connectivity index (χ0v) is 16.8. The summed E-state index contributed by atoms with van der Waals surface area (Å²) in [5.41, 5.74) is 0.637. The molecule has 0 spiro atoms. The van der Waals surface area contributed by atoms with Crippen molar-refractivity contribution in [3.63, 3.8) is 0 Å². The molecule has 1 radical (unpaired) electrons. The molecule has 0 fully saturated rings. The van der Waals surface area contributed by atoms with Gasteiger partial charge in [0.25, 0.3) is 0 Å². The van der Waals surface area contributed by atoms with Gasteiger partial charge in [0.2, 0.25) is 5.95 Å². The molecule has 1 atom stereocenters. The number of nitrogens with zero attached hydrogens (tertiary/aromatic N) is 4. The Kier molecular flexibility index (Phi) is 5.33. The van der Waals surface area contributed by atoms with Crippen LogP contribution < -0.4 is 10.6 Å². The summed E-state index contributed by atoms with van der Waals surface area (Å²) in [6.07, 6.45) is 8.47. The lowest BCUT2D eigenvalue weighted by Crippen LogP contribution is -2.41. The maximum atomic E-state index is 6.49. The van der Waals surface area contributed by atoms with Gasteiger partial charge in [0.15, 0.2) is 0 Å². The minimum Gasteiger partial charge on any atom is -0.345 e. The molecule has 29 heavy (non-hydrogen) atoms. The molecule has 3 heterocycles. The molecule has 145 valence electrons. The standard InChI is InChI=1S/C20H16Cl2N7/c1-20(28-17-4-2-3-7-23-17,15-6-5-14(21)10-16(15)22)29-19-26-11-13(12-27-19)18-24-8-9-25-18/h2-3,5-12H,1H3,(H,23,28)(H,24,25)(H,26,27,29). The number of hydrogen-bond donors (Lipinski definition) is 3. The maximum Gasteiger partial charge on any atom is 0.224 e. The van der Waals surface area contributed by atoms with Gasteiger partial charge in [-0.1, -0.05) is 29.3 Å². The number of hydrogen-bond acceptors (Lipinski definition) is 6. The van der Waals surface area contributed by atoms with Crippen molar-refractivity contribution in [2.24, 2.45) is 0 Å². The Morgan fingerprint density at radius 2 is 1.86 bits per heavy atom. The predicted molar refractivity (Wildman–Crippen MR) is 114 cm³/mol. The first-order chi connectivity index (χ1) is 14.0. The Labute approximate surface area is 177 Å². The Hall–Kier alpha value is -3.16. The molecule has 1 unspecified atom stereocenters. The summed E-state index contributed by atoms with van der Waals surface area (Å²) in [5, 5.41) is 7.66. The van der Waals surface area contributed by atoms with E-state index in [0.717, 1.165) is 11.1 Å². The fourth-order valence-corrected chi connectivity index (χ4v) is 3.45. The number of aromatic nitrogens is 5. The van der Waals surface area contributed by atoms with E-state index in [9.17, 15) is 0 Å². The highest BCUT2D eigenvalue weighted by Crippen LogP contribution is 2.33. The molecule has 1 aromatic carbocycles. The molecular formula is C20H16Cl2N7. The van der Waals surface area contributed by atoms with Gasteiger partial charge in [0, 0.05) is 52.7 Å². The first-order valence-electron chi connectivity index (χ1n) is 8.70. The molecule has 0 saturated carbocycles. The first-order valence-corrected chi connectivity index (χ1v) is 9.45. The smallest absolute Gasteiger partial charge is 0.224 e. The molecule has 0 saturated heterocycles. The quantitative estimate of drug-likeness (QED) is 0.386. The lowest BCUT2D eigenvalue weighted by Gasteiger charge is -2.33. The number of aromatic amines is 1. The van der Waals surface area contributed by atoms with E-state index in [2.05, 4.69) is 41.6 Å². The molecule has 3 aromatic heterocycles. The SMILES string of the molecule is CC(Nc1[c]cccn1)(Nc1ncc(-c2ncc[nH]2)cn1)c1ccc(Cl)cc1Cl. The Balaban J connectivity index is 1.68. The van der Waals surface area contributed by atoms with Gasteiger partial charge in [-0.05, 0) is 31.2 Å². The molecule has 0 aliphatic carbocycles. The molecule has 0 bridgehead atoms. The van der Waals surface area contributed by atoms with Crippen molar-refractivity contribution in [3.05, 3.63) is 83.0 Å². The van der Waals surface area contributed by atoms with Crippen molar-refractivity contribution in [1.29, 1.82) is 0 Å². The van der Waals surface area contributed by atoms with Crippen LogP contribution in [0.25, 0.3) is 11.4 Å². The van der Waals surface area contributed by atoms with Crippen LogP contribution in [-0.4, -0.2) is 24.9 Å². The average molecular weight is 425 g/mol. The van der Waals surface area contributed by atoms with E-state index in [4.69, 9.17) is 23.2 Å².